The van der Waals surface area contributed by atoms with E-state index in [9.17, 15) is 0 Å². The molecule has 1 saturated carbocycles. The van der Waals surface area contributed by atoms with Crippen molar-refractivity contribution in [3.63, 3.8) is 0 Å². The molecule has 1 nitrogen and oxygen atoms in total. The van der Waals surface area contributed by atoms with E-state index in [0.29, 0.717) is 5.92 Å². The van der Waals surface area contributed by atoms with Crippen LogP contribution in [0.3, 0.4) is 0 Å². The van der Waals surface area contributed by atoms with Crippen molar-refractivity contribution in [2.75, 3.05) is 12.3 Å². The molecule has 2 rings (SSSR count). The van der Waals surface area contributed by atoms with Crippen LogP contribution in [0, 0.1) is 0 Å². The average molecular weight is 261 g/mol. The Morgan fingerprint density at radius 1 is 1.33 bits per heavy atom. The minimum atomic E-state index is 0.613. The van der Waals surface area contributed by atoms with E-state index in [1.54, 1.807) is 0 Å². The fourth-order valence-electron chi connectivity index (χ4n) is 1.76. The molecule has 1 aliphatic carbocycles. The van der Waals surface area contributed by atoms with Crippen LogP contribution in [-0.2, 0) is 0 Å². The first-order valence-corrected chi connectivity index (χ1v) is 7.76. The summed E-state index contributed by atoms with van der Waals surface area (Å²) in [5.74, 6) is 1.63. The van der Waals surface area contributed by atoms with Crippen LogP contribution in [0.25, 0.3) is 0 Å². The van der Waals surface area contributed by atoms with Gasteiger partial charge in [-0.2, -0.15) is 0 Å². The molecule has 0 aromatic heterocycles. The Kier molecular flexibility index (Phi) is 4.90. The van der Waals surface area contributed by atoms with Crippen LogP contribution >= 0.6 is 11.8 Å². The molecule has 18 heavy (non-hydrogen) atoms. The van der Waals surface area contributed by atoms with E-state index in [1.165, 1.54) is 28.9 Å². The summed E-state index contributed by atoms with van der Waals surface area (Å²) >= 11 is 1.88. The lowest BCUT2D eigenvalue weighted by Gasteiger charge is -2.08. The SMILES string of the molecule is C=C(CNC1CC1)CSc1ccc(C(C)C)cc1. The number of hydrogen-bond acceptors (Lipinski definition) is 2. The summed E-state index contributed by atoms with van der Waals surface area (Å²) in [6, 6.07) is 9.69. The first kappa shape index (κ1) is 13.7. The van der Waals surface area contributed by atoms with Gasteiger partial charge in [0, 0.05) is 23.2 Å². The second-order valence-electron chi connectivity index (χ2n) is 5.42. The Bertz CT molecular complexity index is 390. The molecule has 0 amide bonds. The van der Waals surface area contributed by atoms with Gasteiger partial charge >= 0.3 is 0 Å². The zero-order valence-electron chi connectivity index (χ0n) is 11.4. The van der Waals surface area contributed by atoms with Crippen molar-refractivity contribution in [1.82, 2.24) is 5.32 Å². The predicted octanol–water partition coefficient (Wildman–Crippen LogP) is 4.21. The van der Waals surface area contributed by atoms with Crippen molar-refractivity contribution in [3.05, 3.63) is 42.0 Å². The molecule has 1 aromatic carbocycles. The Balaban J connectivity index is 1.73. The highest BCUT2D eigenvalue weighted by Gasteiger charge is 2.19. The van der Waals surface area contributed by atoms with E-state index in [1.807, 2.05) is 11.8 Å². The van der Waals surface area contributed by atoms with Crippen LogP contribution in [0.1, 0.15) is 38.2 Å². The number of nitrogens with one attached hydrogen (secondary N) is 1. The molecule has 0 saturated heterocycles. The smallest absolute Gasteiger partial charge is 0.0200 e. The van der Waals surface area contributed by atoms with E-state index in [0.717, 1.165) is 18.3 Å². The lowest BCUT2D eigenvalue weighted by molar-refractivity contribution is 0.736. The van der Waals surface area contributed by atoms with Crippen LogP contribution in [0.2, 0.25) is 0 Å². The predicted molar refractivity (Wildman–Crippen MR) is 81.4 cm³/mol. The Morgan fingerprint density at radius 3 is 2.56 bits per heavy atom. The third kappa shape index (κ3) is 4.51. The first-order valence-electron chi connectivity index (χ1n) is 6.78. The van der Waals surface area contributed by atoms with Gasteiger partial charge in [0.05, 0.1) is 0 Å². The van der Waals surface area contributed by atoms with Crippen LogP contribution in [0.15, 0.2) is 41.3 Å². The van der Waals surface area contributed by atoms with Gasteiger partial charge < -0.3 is 5.32 Å². The zero-order valence-corrected chi connectivity index (χ0v) is 12.2. The molecule has 0 atom stereocenters. The van der Waals surface area contributed by atoms with E-state index < -0.39 is 0 Å². The fraction of sp³-hybridized carbons (Fsp3) is 0.500. The molecule has 98 valence electrons. The van der Waals surface area contributed by atoms with E-state index in [2.05, 4.69) is 50.0 Å². The monoisotopic (exact) mass is 261 g/mol. The number of rotatable bonds is 7. The van der Waals surface area contributed by atoms with Crippen molar-refractivity contribution in [3.8, 4) is 0 Å². The molecular weight excluding hydrogens is 238 g/mol. The highest BCUT2D eigenvalue weighted by molar-refractivity contribution is 7.99. The lowest BCUT2D eigenvalue weighted by Crippen LogP contribution is -2.19. The Labute approximate surface area is 115 Å². The second kappa shape index (κ2) is 6.44. The van der Waals surface area contributed by atoms with Gasteiger partial charge in [-0.05, 0) is 36.5 Å². The molecule has 0 aliphatic heterocycles. The van der Waals surface area contributed by atoms with Crippen molar-refractivity contribution in [1.29, 1.82) is 0 Å². The zero-order chi connectivity index (χ0) is 13.0. The largest absolute Gasteiger partial charge is 0.310 e. The molecule has 1 aliphatic rings. The Hall–Kier alpha value is -0.730. The molecule has 0 bridgehead atoms. The standard InChI is InChI=1S/C16H23NS/c1-12(2)14-4-8-16(9-5-14)18-11-13(3)10-17-15-6-7-15/h4-5,8-9,12,15,17H,3,6-7,10-11H2,1-2H3. The van der Waals surface area contributed by atoms with Crippen molar-refractivity contribution in [2.45, 2.75) is 43.5 Å². The molecule has 1 N–H and O–H groups in total. The number of benzene rings is 1. The summed E-state index contributed by atoms with van der Waals surface area (Å²) in [6.45, 7) is 9.57. The van der Waals surface area contributed by atoms with E-state index >= 15 is 0 Å². The van der Waals surface area contributed by atoms with Crippen molar-refractivity contribution >= 4 is 11.8 Å². The molecule has 2 heteroatoms. The van der Waals surface area contributed by atoms with Gasteiger partial charge in [0.2, 0.25) is 0 Å². The second-order valence-corrected chi connectivity index (χ2v) is 6.47. The fourth-order valence-corrected chi connectivity index (χ4v) is 2.56. The third-order valence-corrected chi connectivity index (χ3v) is 4.37. The third-order valence-electron chi connectivity index (χ3n) is 3.21. The van der Waals surface area contributed by atoms with Gasteiger partial charge in [0.15, 0.2) is 0 Å². The maximum absolute atomic E-state index is 4.13. The highest BCUT2D eigenvalue weighted by atomic mass is 32.2. The molecule has 0 unspecified atom stereocenters. The summed E-state index contributed by atoms with van der Waals surface area (Å²) in [7, 11) is 0. The topological polar surface area (TPSA) is 12.0 Å². The molecule has 1 fully saturated rings. The maximum atomic E-state index is 4.13. The minimum absolute atomic E-state index is 0.613. The quantitative estimate of drug-likeness (QED) is 0.583. The van der Waals surface area contributed by atoms with Crippen molar-refractivity contribution < 1.29 is 0 Å². The normalized spacial score (nSPS) is 15.1. The summed E-state index contributed by atoms with van der Waals surface area (Å²) in [6.07, 6.45) is 2.69. The van der Waals surface area contributed by atoms with Crippen LogP contribution < -0.4 is 5.32 Å². The van der Waals surface area contributed by atoms with Gasteiger partial charge in [-0.1, -0.05) is 38.1 Å². The van der Waals surface area contributed by atoms with Gasteiger partial charge in [-0.15, -0.1) is 11.8 Å². The maximum Gasteiger partial charge on any atom is 0.0200 e. The van der Waals surface area contributed by atoms with Gasteiger partial charge in [0.1, 0.15) is 0 Å². The van der Waals surface area contributed by atoms with E-state index in [4.69, 9.17) is 0 Å². The van der Waals surface area contributed by atoms with Gasteiger partial charge in [0.25, 0.3) is 0 Å². The van der Waals surface area contributed by atoms with Crippen molar-refractivity contribution in [2.24, 2.45) is 0 Å². The van der Waals surface area contributed by atoms with Gasteiger partial charge in [-0.3, -0.25) is 0 Å². The van der Waals surface area contributed by atoms with Crippen LogP contribution in [-0.4, -0.2) is 18.3 Å². The number of thioether (sulfide) groups is 1. The highest BCUT2D eigenvalue weighted by Crippen LogP contribution is 2.23. The molecule has 0 spiro atoms. The summed E-state index contributed by atoms with van der Waals surface area (Å²) < 4.78 is 0. The molecule has 0 radical (unpaired) electrons. The summed E-state index contributed by atoms with van der Waals surface area (Å²) in [5, 5.41) is 3.50. The molecular formula is C16H23NS. The summed E-state index contributed by atoms with van der Waals surface area (Å²) in [4.78, 5) is 1.34. The molecule has 1 aromatic rings. The van der Waals surface area contributed by atoms with Crippen LogP contribution in [0.4, 0.5) is 0 Å². The molecule has 0 heterocycles. The minimum Gasteiger partial charge on any atom is -0.310 e. The average Bonchev–Trinajstić information content (AvgIpc) is 3.18. The van der Waals surface area contributed by atoms with Crippen LogP contribution in [0.5, 0.6) is 0 Å². The Morgan fingerprint density at radius 2 is 2.00 bits per heavy atom. The van der Waals surface area contributed by atoms with E-state index in [-0.39, 0.29) is 0 Å². The van der Waals surface area contributed by atoms with Gasteiger partial charge in [-0.25, -0.2) is 0 Å². The number of hydrogen-bond donors (Lipinski definition) is 1. The summed E-state index contributed by atoms with van der Waals surface area (Å²) in [5.41, 5.74) is 2.70. The first-order chi connectivity index (χ1) is 8.65. The lowest BCUT2D eigenvalue weighted by atomic mass is 10.0.